The van der Waals surface area contributed by atoms with Crippen molar-refractivity contribution in [2.45, 2.75) is 65.2 Å². The number of fused-ring (bicyclic) bond motifs is 1. The summed E-state index contributed by atoms with van der Waals surface area (Å²) in [6.07, 6.45) is 9.47. The van der Waals surface area contributed by atoms with Crippen LogP contribution in [0.2, 0.25) is 0 Å². The van der Waals surface area contributed by atoms with Crippen molar-refractivity contribution in [1.29, 1.82) is 5.41 Å². The van der Waals surface area contributed by atoms with Crippen LogP contribution in [-0.2, 0) is 11.2 Å². The number of ether oxygens (including phenoxy) is 2. The zero-order valence-electron chi connectivity index (χ0n) is 19.6. The molecule has 1 heterocycles. The molecule has 0 aliphatic rings. The van der Waals surface area contributed by atoms with Gasteiger partial charge in [0, 0.05) is 0 Å². The molecule has 0 bridgehead atoms. The maximum atomic E-state index is 11.9. The number of aryl methyl sites for hydroxylation is 1. The number of rotatable bonds is 11. The summed E-state index contributed by atoms with van der Waals surface area (Å²) in [6.45, 7) is 4.21. The van der Waals surface area contributed by atoms with E-state index in [1.54, 1.807) is 6.92 Å². The van der Waals surface area contributed by atoms with Gasteiger partial charge in [-0.25, -0.2) is 14.3 Å². The average molecular weight is 451 g/mol. The summed E-state index contributed by atoms with van der Waals surface area (Å²) in [7, 11) is 0. The molecule has 0 saturated carbocycles. The van der Waals surface area contributed by atoms with Gasteiger partial charge in [-0.3, -0.25) is 10.7 Å². The molecule has 3 rings (SSSR count). The van der Waals surface area contributed by atoms with Crippen molar-refractivity contribution in [2.24, 2.45) is 0 Å². The number of anilines is 1. The highest BCUT2D eigenvalue weighted by atomic mass is 16.5. The summed E-state index contributed by atoms with van der Waals surface area (Å²) in [6, 6.07) is 15.0. The highest BCUT2D eigenvalue weighted by Crippen LogP contribution is 2.22. The number of carbonyl (C=O) groups excluding carboxylic acids is 1. The Morgan fingerprint density at radius 3 is 2.39 bits per heavy atom. The molecule has 1 amide bonds. The van der Waals surface area contributed by atoms with Crippen molar-refractivity contribution in [3.63, 3.8) is 0 Å². The Kier molecular flexibility index (Phi) is 9.30. The molecule has 0 fully saturated rings. The molecule has 2 N–H and O–H groups in total. The van der Waals surface area contributed by atoms with Crippen LogP contribution in [0, 0.1) is 5.41 Å². The molecule has 7 heteroatoms. The van der Waals surface area contributed by atoms with E-state index in [-0.39, 0.29) is 18.6 Å². The second-order valence-electron chi connectivity index (χ2n) is 8.03. The number of para-hydroxylation sites is 2. The van der Waals surface area contributed by atoms with Gasteiger partial charge in [-0.15, -0.1) is 0 Å². The largest absolute Gasteiger partial charge is 0.450 e. The van der Waals surface area contributed by atoms with Crippen molar-refractivity contribution in [2.75, 3.05) is 11.9 Å². The van der Waals surface area contributed by atoms with Gasteiger partial charge in [-0.2, -0.15) is 0 Å². The summed E-state index contributed by atoms with van der Waals surface area (Å²) < 4.78 is 12.2. The summed E-state index contributed by atoms with van der Waals surface area (Å²) in [5.74, 6) is 0.735. The molecule has 0 aliphatic carbocycles. The van der Waals surface area contributed by atoms with Gasteiger partial charge in [0.2, 0.25) is 5.95 Å². The number of carbonyl (C=O) groups is 1. The van der Waals surface area contributed by atoms with E-state index in [9.17, 15) is 4.79 Å². The van der Waals surface area contributed by atoms with Crippen LogP contribution in [0.3, 0.4) is 0 Å². The number of hydrogen-bond acceptors (Lipinski definition) is 5. The van der Waals surface area contributed by atoms with Gasteiger partial charge >= 0.3 is 12.1 Å². The quantitative estimate of drug-likeness (QED) is 0.192. The number of nitrogens with one attached hydrogen (secondary N) is 2. The minimum atomic E-state index is -0.628. The van der Waals surface area contributed by atoms with Crippen LogP contribution in [-0.4, -0.2) is 28.3 Å². The van der Waals surface area contributed by atoms with Gasteiger partial charge in [-0.05, 0) is 49.6 Å². The minimum Gasteiger partial charge on any atom is -0.450 e. The maximum Gasteiger partial charge on any atom is 0.413 e. The fourth-order valence-corrected chi connectivity index (χ4v) is 3.74. The Balaban J connectivity index is 1.61. The first-order valence-corrected chi connectivity index (χ1v) is 11.9. The number of imidazole rings is 1. The highest BCUT2D eigenvalue weighted by molar-refractivity contribution is 5.95. The summed E-state index contributed by atoms with van der Waals surface area (Å²) >= 11 is 0. The molecule has 0 saturated heterocycles. The normalized spacial score (nSPS) is 10.8. The zero-order valence-corrected chi connectivity index (χ0v) is 19.6. The molecule has 33 heavy (non-hydrogen) atoms. The van der Waals surface area contributed by atoms with Crippen molar-refractivity contribution < 1.29 is 14.3 Å². The van der Waals surface area contributed by atoms with Crippen molar-refractivity contribution in [3.05, 3.63) is 54.1 Å². The summed E-state index contributed by atoms with van der Waals surface area (Å²) in [4.78, 5) is 16.3. The minimum absolute atomic E-state index is 0.157. The first-order chi connectivity index (χ1) is 16.1. The molecule has 0 aliphatic heterocycles. The molecule has 0 unspecified atom stereocenters. The Morgan fingerprint density at radius 1 is 0.970 bits per heavy atom. The van der Waals surface area contributed by atoms with E-state index >= 15 is 0 Å². The highest BCUT2D eigenvalue weighted by Gasteiger charge is 2.18. The molecule has 3 aromatic rings. The monoisotopic (exact) mass is 450 g/mol. The third-order valence-electron chi connectivity index (χ3n) is 5.46. The molecular weight excluding hydrogens is 416 g/mol. The van der Waals surface area contributed by atoms with E-state index in [1.165, 1.54) is 55.1 Å². The SMILES string of the molecule is CCCCCCCCCc1ccc(OC(=N)n2c(NC(=O)OCC)nc3ccccc32)cc1. The Morgan fingerprint density at radius 2 is 1.67 bits per heavy atom. The maximum absolute atomic E-state index is 11.9. The molecule has 0 atom stereocenters. The fraction of sp³-hybridized carbons (Fsp3) is 0.423. The number of amides is 1. The van der Waals surface area contributed by atoms with Gasteiger partial charge in [-0.1, -0.05) is 69.7 Å². The number of unbranched alkanes of at least 4 members (excludes halogenated alkanes) is 6. The fourth-order valence-electron chi connectivity index (χ4n) is 3.74. The van der Waals surface area contributed by atoms with Crippen LogP contribution < -0.4 is 10.1 Å². The average Bonchev–Trinajstić information content (AvgIpc) is 3.17. The third kappa shape index (κ3) is 7.07. The van der Waals surface area contributed by atoms with Gasteiger partial charge in [0.15, 0.2) is 0 Å². The van der Waals surface area contributed by atoms with Crippen LogP contribution in [0.5, 0.6) is 5.75 Å². The van der Waals surface area contributed by atoms with Crippen molar-refractivity contribution in [3.8, 4) is 5.75 Å². The third-order valence-corrected chi connectivity index (χ3v) is 5.46. The van der Waals surface area contributed by atoms with Gasteiger partial charge < -0.3 is 9.47 Å². The standard InChI is InChI=1S/C26H34N4O3/c1-3-5-6-7-8-9-10-13-20-16-18-21(19-17-20)33-24(27)30-23-15-12-11-14-22(23)28-25(30)29-26(31)32-4-2/h11-12,14-19,27H,3-10,13H2,1-2H3,(H,28,29,31). The van der Waals surface area contributed by atoms with E-state index < -0.39 is 6.09 Å². The lowest BCUT2D eigenvalue weighted by molar-refractivity contribution is 0.167. The topological polar surface area (TPSA) is 89.2 Å². The lowest BCUT2D eigenvalue weighted by Gasteiger charge is -2.12. The Labute approximate surface area is 195 Å². The second-order valence-corrected chi connectivity index (χ2v) is 8.03. The predicted octanol–water partition coefficient (Wildman–Crippen LogP) is 6.76. The predicted molar refractivity (Wildman–Crippen MR) is 132 cm³/mol. The molecule has 0 radical (unpaired) electrons. The summed E-state index contributed by atoms with van der Waals surface area (Å²) in [5.41, 5.74) is 2.56. The first-order valence-electron chi connectivity index (χ1n) is 11.9. The molecule has 176 valence electrons. The van der Waals surface area contributed by atoms with E-state index in [4.69, 9.17) is 14.9 Å². The van der Waals surface area contributed by atoms with Crippen LogP contribution in [0.25, 0.3) is 11.0 Å². The van der Waals surface area contributed by atoms with Crippen LogP contribution in [0.15, 0.2) is 48.5 Å². The first kappa shape index (κ1) is 24.3. The van der Waals surface area contributed by atoms with Gasteiger partial charge in [0.05, 0.1) is 17.6 Å². The smallest absolute Gasteiger partial charge is 0.413 e. The molecular formula is C26H34N4O3. The van der Waals surface area contributed by atoms with Crippen LogP contribution in [0.1, 0.15) is 64.4 Å². The van der Waals surface area contributed by atoms with E-state index in [2.05, 4.69) is 17.2 Å². The molecule has 7 nitrogen and oxygen atoms in total. The summed E-state index contributed by atoms with van der Waals surface area (Å²) in [5, 5.41) is 11.1. The molecule has 1 aromatic heterocycles. The lowest BCUT2D eigenvalue weighted by Crippen LogP contribution is -2.23. The number of nitrogens with zero attached hydrogens (tertiary/aromatic N) is 2. The van der Waals surface area contributed by atoms with E-state index in [1.807, 2.05) is 48.5 Å². The number of benzene rings is 2. The van der Waals surface area contributed by atoms with E-state index in [0.717, 1.165) is 6.42 Å². The number of hydrogen-bond donors (Lipinski definition) is 2. The number of aromatic nitrogens is 2. The van der Waals surface area contributed by atoms with Crippen LogP contribution in [0.4, 0.5) is 10.7 Å². The van der Waals surface area contributed by atoms with E-state index in [0.29, 0.717) is 16.8 Å². The molecule has 2 aromatic carbocycles. The Bertz CT molecular complexity index is 1040. The van der Waals surface area contributed by atoms with Gasteiger partial charge in [0.1, 0.15) is 5.75 Å². The second kappa shape index (κ2) is 12.6. The van der Waals surface area contributed by atoms with Crippen molar-refractivity contribution in [1.82, 2.24) is 9.55 Å². The lowest BCUT2D eigenvalue weighted by atomic mass is 10.0. The zero-order chi connectivity index (χ0) is 23.5. The Hall–Kier alpha value is -3.35. The van der Waals surface area contributed by atoms with Gasteiger partial charge in [0.25, 0.3) is 0 Å². The van der Waals surface area contributed by atoms with Crippen LogP contribution >= 0.6 is 0 Å². The van der Waals surface area contributed by atoms with Crippen molar-refractivity contribution >= 4 is 29.1 Å². The molecule has 0 spiro atoms.